The molecule has 2 aromatic heterocycles. The lowest BCUT2D eigenvalue weighted by Crippen LogP contribution is -1.98. The first-order valence-corrected chi connectivity index (χ1v) is 8.76. The van der Waals surface area contributed by atoms with Crippen molar-refractivity contribution in [2.24, 2.45) is 0 Å². The zero-order valence-electron chi connectivity index (χ0n) is 13.1. The zero-order valence-corrected chi connectivity index (χ0v) is 13.9. The highest BCUT2D eigenvalue weighted by molar-refractivity contribution is 7.85. The van der Waals surface area contributed by atoms with E-state index in [1.807, 2.05) is 73.8 Å². The Morgan fingerprint density at radius 3 is 2.54 bits per heavy atom. The quantitative estimate of drug-likeness (QED) is 0.614. The summed E-state index contributed by atoms with van der Waals surface area (Å²) in [5, 5.41) is 0.454. The number of aromatic amines is 1. The Hall–Kier alpha value is -2.79. The summed E-state index contributed by atoms with van der Waals surface area (Å²) in [7, 11) is -1.40. The van der Waals surface area contributed by atoms with E-state index in [1.165, 1.54) is 0 Å². The molecule has 4 nitrogen and oxygen atoms in total. The van der Waals surface area contributed by atoms with E-state index >= 15 is 0 Å². The first-order valence-electron chi connectivity index (χ1n) is 7.61. The smallest absolute Gasteiger partial charge is 0.202 e. The van der Waals surface area contributed by atoms with Crippen molar-refractivity contribution < 1.29 is 4.21 Å². The van der Waals surface area contributed by atoms with E-state index in [0.29, 0.717) is 10.1 Å². The molecule has 0 saturated heterocycles. The number of hydrogen-bond acceptors (Lipinski definition) is 3. The number of nitrogens with one attached hydrogen (secondary N) is 1. The largest absolute Gasteiger partial charge is 0.331 e. The Morgan fingerprint density at radius 2 is 1.75 bits per heavy atom. The van der Waals surface area contributed by atoms with Crippen LogP contribution >= 0.6 is 0 Å². The van der Waals surface area contributed by atoms with Crippen LogP contribution in [0.1, 0.15) is 5.56 Å². The molecule has 4 aromatic rings. The van der Waals surface area contributed by atoms with Gasteiger partial charge in [-0.2, -0.15) is 0 Å². The predicted molar refractivity (Wildman–Crippen MR) is 95.2 cm³/mol. The molecule has 1 atom stereocenters. The van der Waals surface area contributed by atoms with Crippen molar-refractivity contribution in [3.63, 3.8) is 0 Å². The Kier molecular flexibility index (Phi) is 3.70. The van der Waals surface area contributed by atoms with Crippen LogP contribution in [0.25, 0.3) is 22.3 Å². The van der Waals surface area contributed by atoms with Crippen molar-refractivity contribution in [2.45, 2.75) is 17.0 Å². The molecule has 0 amide bonds. The molecule has 4 rings (SSSR count). The van der Waals surface area contributed by atoms with Gasteiger partial charge in [0.2, 0.25) is 5.16 Å². The second kappa shape index (κ2) is 6.02. The summed E-state index contributed by atoms with van der Waals surface area (Å²) >= 11 is 0. The fraction of sp³-hybridized carbons (Fsp3) is 0.0526. The van der Waals surface area contributed by atoms with Crippen molar-refractivity contribution in [2.75, 3.05) is 0 Å². The molecule has 2 aromatic carbocycles. The number of imidazole rings is 1. The zero-order chi connectivity index (χ0) is 16.5. The summed E-state index contributed by atoms with van der Waals surface area (Å²) in [6, 6.07) is 19.2. The van der Waals surface area contributed by atoms with Crippen LogP contribution in [-0.2, 0) is 10.8 Å². The maximum atomic E-state index is 13.1. The van der Waals surface area contributed by atoms with Crippen LogP contribution in [0.4, 0.5) is 0 Å². The third kappa shape index (κ3) is 2.63. The molecule has 0 radical (unpaired) electrons. The first-order chi connectivity index (χ1) is 11.7. The minimum absolute atomic E-state index is 0.454. The first kappa shape index (κ1) is 14.8. The SMILES string of the molecule is Cc1ccc(-c2ccccc2S(=O)c2nc3ccccc3[nH]2)nc1. The van der Waals surface area contributed by atoms with Gasteiger partial charge in [-0.15, -0.1) is 0 Å². The van der Waals surface area contributed by atoms with E-state index in [-0.39, 0.29) is 0 Å². The molecule has 0 aliphatic heterocycles. The van der Waals surface area contributed by atoms with E-state index in [4.69, 9.17) is 0 Å². The number of benzene rings is 2. The lowest BCUT2D eigenvalue weighted by Gasteiger charge is -2.07. The topological polar surface area (TPSA) is 58.6 Å². The third-order valence-electron chi connectivity index (χ3n) is 3.82. The van der Waals surface area contributed by atoms with Crippen LogP contribution in [0.15, 0.2) is 76.9 Å². The summed E-state index contributed by atoms with van der Waals surface area (Å²) in [5.41, 5.74) is 4.45. The van der Waals surface area contributed by atoms with Crippen molar-refractivity contribution in [3.05, 3.63) is 72.4 Å². The molecule has 1 N–H and O–H groups in total. The van der Waals surface area contributed by atoms with Crippen LogP contribution in [0.5, 0.6) is 0 Å². The van der Waals surface area contributed by atoms with Gasteiger partial charge < -0.3 is 4.98 Å². The number of fused-ring (bicyclic) bond motifs is 1. The van der Waals surface area contributed by atoms with Gasteiger partial charge in [-0.25, -0.2) is 9.19 Å². The normalized spacial score (nSPS) is 12.4. The maximum absolute atomic E-state index is 13.1. The molecule has 0 saturated carbocycles. The van der Waals surface area contributed by atoms with E-state index in [1.54, 1.807) is 0 Å². The van der Waals surface area contributed by atoms with Gasteiger partial charge in [0.15, 0.2) is 0 Å². The molecule has 1 unspecified atom stereocenters. The summed E-state index contributed by atoms with van der Waals surface area (Å²) in [6.45, 7) is 2.00. The number of nitrogens with zero attached hydrogens (tertiary/aromatic N) is 2. The van der Waals surface area contributed by atoms with Crippen LogP contribution in [0.2, 0.25) is 0 Å². The number of rotatable bonds is 3. The molecular weight excluding hydrogens is 318 g/mol. The molecule has 24 heavy (non-hydrogen) atoms. The van der Waals surface area contributed by atoms with E-state index < -0.39 is 10.8 Å². The standard InChI is InChI=1S/C19H15N3OS/c1-13-10-11-15(20-12-13)14-6-2-5-9-18(14)24(23)19-21-16-7-3-4-8-17(16)22-19/h2-12H,1H3,(H,21,22). The fourth-order valence-corrected chi connectivity index (χ4v) is 3.76. The molecular formula is C19H15N3OS. The molecule has 0 fully saturated rings. The summed E-state index contributed by atoms with van der Waals surface area (Å²) in [5.74, 6) is 0. The van der Waals surface area contributed by atoms with Crippen molar-refractivity contribution >= 4 is 21.8 Å². The van der Waals surface area contributed by atoms with Gasteiger partial charge in [0.05, 0.1) is 21.6 Å². The minimum Gasteiger partial charge on any atom is -0.331 e. The number of hydrogen-bond donors (Lipinski definition) is 1. The Morgan fingerprint density at radius 1 is 0.958 bits per heavy atom. The summed E-state index contributed by atoms with van der Waals surface area (Å²) in [6.07, 6.45) is 1.82. The molecule has 118 valence electrons. The highest BCUT2D eigenvalue weighted by Crippen LogP contribution is 2.27. The highest BCUT2D eigenvalue weighted by Gasteiger charge is 2.17. The third-order valence-corrected chi connectivity index (χ3v) is 5.12. The van der Waals surface area contributed by atoms with E-state index in [2.05, 4.69) is 15.0 Å². The monoisotopic (exact) mass is 333 g/mol. The average Bonchev–Trinajstić information content (AvgIpc) is 3.06. The molecule has 0 spiro atoms. The minimum atomic E-state index is -1.40. The van der Waals surface area contributed by atoms with E-state index in [9.17, 15) is 4.21 Å². The number of para-hydroxylation sites is 2. The second-order valence-electron chi connectivity index (χ2n) is 5.54. The Bertz CT molecular complexity index is 1000. The molecule has 0 bridgehead atoms. The Balaban J connectivity index is 1.81. The summed E-state index contributed by atoms with van der Waals surface area (Å²) < 4.78 is 13.1. The van der Waals surface area contributed by atoms with E-state index in [0.717, 1.165) is 27.9 Å². The summed E-state index contributed by atoms with van der Waals surface area (Å²) in [4.78, 5) is 12.8. The van der Waals surface area contributed by atoms with Crippen LogP contribution in [0, 0.1) is 6.92 Å². The van der Waals surface area contributed by atoms with Crippen molar-refractivity contribution in [1.82, 2.24) is 15.0 Å². The van der Waals surface area contributed by atoms with Crippen molar-refractivity contribution in [3.8, 4) is 11.3 Å². The maximum Gasteiger partial charge on any atom is 0.202 e. The van der Waals surface area contributed by atoms with Gasteiger partial charge in [0.1, 0.15) is 10.8 Å². The van der Waals surface area contributed by atoms with Crippen LogP contribution < -0.4 is 0 Å². The predicted octanol–water partition coefficient (Wildman–Crippen LogP) is 4.10. The Labute approximate surface area is 142 Å². The fourth-order valence-electron chi connectivity index (χ4n) is 2.59. The number of pyridine rings is 1. The number of aryl methyl sites for hydroxylation is 1. The average molecular weight is 333 g/mol. The lowest BCUT2D eigenvalue weighted by atomic mass is 10.1. The highest BCUT2D eigenvalue weighted by atomic mass is 32.2. The van der Waals surface area contributed by atoms with Gasteiger partial charge in [0.25, 0.3) is 0 Å². The second-order valence-corrected chi connectivity index (χ2v) is 6.91. The van der Waals surface area contributed by atoms with Gasteiger partial charge in [-0.3, -0.25) is 4.98 Å². The van der Waals surface area contributed by atoms with Gasteiger partial charge >= 0.3 is 0 Å². The van der Waals surface area contributed by atoms with Gasteiger partial charge in [0, 0.05) is 11.8 Å². The molecule has 2 heterocycles. The lowest BCUT2D eigenvalue weighted by molar-refractivity contribution is 0.678. The van der Waals surface area contributed by atoms with Crippen LogP contribution in [-0.4, -0.2) is 19.2 Å². The number of H-pyrrole nitrogens is 1. The molecule has 5 heteroatoms. The molecule has 0 aliphatic rings. The molecule has 0 aliphatic carbocycles. The van der Waals surface area contributed by atoms with Crippen LogP contribution in [0.3, 0.4) is 0 Å². The van der Waals surface area contributed by atoms with Crippen molar-refractivity contribution in [1.29, 1.82) is 0 Å². The van der Waals surface area contributed by atoms with Gasteiger partial charge in [-0.1, -0.05) is 36.4 Å². The number of aromatic nitrogens is 3. The van der Waals surface area contributed by atoms with Gasteiger partial charge in [-0.05, 0) is 36.8 Å².